The summed E-state index contributed by atoms with van der Waals surface area (Å²) in [6, 6.07) is 13.5. The van der Waals surface area contributed by atoms with Crippen molar-refractivity contribution in [2.75, 3.05) is 13.1 Å². The first-order valence-electron chi connectivity index (χ1n) is 9.32. The van der Waals surface area contributed by atoms with E-state index in [0.29, 0.717) is 13.0 Å². The van der Waals surface area contributed by atoms with E-state index in [1.54, 1.807) is 12.1 Å². The van der Waals surface area contributed by atoms with Crippen molar-refractivity contribution < 1.29 is 22.0 Å². The van der Waals surface area contributed by atoms with E-state index in [0.717, 1.165) is 16.7 Å². The minimum absolute atomic E-state index is 0.0736. The number of nitrogens with one attached hydrogen (secondary N) is 2. The number of carbonyl (C=O) groups is 1. The smallest absolute Gasteiger partial charge is 0.286 e. The van der Waals surface area contributed by atoms with Crippen LogP contribution in [0.1, 0.15) is 31.9 Å². The van der Waals surface area contributed by atoms with Crippen LogP contribution in [0.2, 0.25) is 0 Å². The Balaban J connectivity index is 2.04. The number of hydrogen-bond acceptors (Lipinski definition) is 3. The summed E-state index contributed by atoms with van der Waals surface area (Å²) in [5.41, 5.74) is 2.46. The number of rotatable bonds is 9. The maximum Gasteiger partial charge on any atom is 0.286 e. The molecular formula is C21H26F2N2O3S. The van der Waals surface area contributed by atoms with Crippen LogP contribution in [0.3, 0.4) is 0 Å². The fourth-order valence-electron chi connectivity index (χ4n) is 2.61. The summed E-state index contributed by atoms with van der Waals surface area (Å²) < 4.78 is 54.1. The predicted octanol–water partition coefficient (Wildman–Crippen LogP) is 3.45. The molecule has 0 spiro atoms. The van der Waals surface area contributed by atoms with E-state index in [1.807, 2.05) is 29.0 Å². The van der Waals surface area contributed by atoms with E-state index in [-0.39, 0.29) is 11.5 Å². The van der Waals surface area contributed by atoms with Crippen LogP contribution < -0.4 is 10.0 Å². The predicted molar refractivity (Wildman–Crippen MR) is 110 cm³/mol. The van der Waals surface area contributed by atoms with Crippen LogP contribution in [0, 0.1) is 0 Å². The zero-order valence-corrected chi connectivity index (χ0v) is 17.5. The Morgan fingerprint density at radius 2 is 1.52 bits per heavy atom. The van der Waals surface area contributed by atoms with Gasteiger partial charge >= 0.3 is 0 Å². The molecule has 0 unspecified atom stereocenters. The number of amides is 1. The van der Waals surface area contributed by atoms with Crippen molar-refractivity contribution in [3.8, 4) is 11.1 Å². The quantitative estimate of drug-likeness (QED) is 0.647. The van der Waals surface area contributed by atoms with Gasteiger partial charge in [0.25, 0.3) is 5.92 Å². The average Bonchev–Trinajstić information content (AvgIpc) is 2.67. The Morgan fingerprint density at radius 1 is 1.00 bits per heavy atom. The third kappa shape index (κ3) is 6.61. The van der Waals surface area contributed by atoms with E-state index in [9.17, 15) is 22.0 Å². The summed E-state index contributed by atoms with van der Waals surface area (Å²) in [5, 5.41) is 1.96. The summed E-state index contributed by atoms with van der Waals surface area (Å²) in [6.45, 7) is 3.91. The molecule has 0 atom stereocenters. The van der Waals surface area contributed by atoms with Crippen molar-refractivity contribution >= 4 is 15.9 Å². The van der Waals surface area contributed by atoms with Gasteiger partial charge in [-0.3, -0.25) is 4.79 Å². The molecule has 2 rings (SSSR count). The highest BCUT2D eigenvalue weighted by molar-refractivity contribution is 7.90. The summed E-state index contributed by atoms with van der Waals surface area (Å²) in [4.78, 5) is 10.9. The van der Waals surface area contributed by atoms with Gasteiger partial charge in [0.2, 0.25) is 15.9 Å². The van der Waals surface area contributed by atoms with Gasteiger partial charge in [-0.25, -0.2) is 13.1 Å². The van der Waals surface area contributed by atoms with Crippen LogP contribution >= 0.6 is 0 Å². The SMILES string of the molecule is CC(=O)NCCc1ccc(-c2ccc(C(F)(F)CNS(=O)(=O)C(C)C)cc2)cc1. The Bertz CT molecular complexity index is 925. The van der Waals surface area contributed by atoms with Crippen LogP contribution in [0.15, 0.2) is 48.5 Å². The lowest BCUT2D eigenvalue weighted by Crippen LogP contribution is -2.38. The fourth-order valence-corrected chi connectivity index (χ4v) is 3.33. The largest absolute Gasteiger partial charge is 0.356 e. The molecule has 0 aliphatic rings. The van der Waals surface area contributed by atoms with Crippen molar-refractivity contribution in [1.29, 1.82) is 0 Å². The summed E-state index contributed by atoms with van der Waals surface area (Å²) in [5.74, 6) is -3.39. The molecule has 8 heteroatoms. The van der Waals surface area contributed by atoms with E-state index >= 15 is 0 Å². The van der Waals surface area contributed by atoms with Crippen LogP contribution in [0.4, 0.5) is 8.78 Å². The lowest BCUT2D eigenvalue weighted by molar-refractivity contribution is -0.118. The number of benzene rings is 2. The third-order valence-corrected chi connectivity index (χ3v) is 6.29. The second-order valence-corrected chi connectivity index (χ2v) is 9.45. The molecule has 2 aromatic rings. The van der Waals surface area contributed by atoms with Gasteiger partial charge in [-0.2, -0.15) is 8.78 Å². The Hall–Kier alpha value is -2.32. The van der Waals surface area contributed by atoms with E-state index < -0.39 is 27.7 Å². The number of hydrogen-bond donors (Lipinski definition) is 2. The maximum absolute atomic E-state index is 14.4. The normalized spacial score (nSPS) is 12.2. The highest BCUT2D eigenvalue weighted by Gasteiger charge is 2.33. The molecule has 2 N–H and O–H groups in total. The first kappa shape index (κ1) is 23.0. The van der Waals surface area contributed by atoms with Gasteiger partial charge in [0.05, 0.1) is 11.8 Å². The van der Waals surface area contributed by atoms with Crippen molar-refractivity contribution in [2.45, 2.75) is 38.4 Å². The molecule has 0 heterocycles. The van der Waals surface area contributed by atoms with Crippen molar-refractivity contribution in [1.82, 2.24) is 10.0 Å². The summed E-state index contributed by atoms with van der Waals surface area (Å²) in [6.07, 6.45) is 0.706. The molecule has 0 bridgehead atoms. The first-order chi connectivity index (χ1) is 13.5. The highest BCUT2D eigenvalue weighted by Crippen LogP contribution is 2.30. The van der Waals surface area contributed by atoms with Gasteiger partial charge in [-0.15, -0.1) is 0 Å². The minimum atomic E-state index is -3.76. The molecule has 0 aromatic heterocycles. The van der Waals surface area contributed by atoms with Gasteiger partial charge in [0, 0.05) is 19.0 Å². The molecule has 0 fully saturated rings. The third-order valence-electron chi connectivity index (χ3n) is 4.50. The second-order valence-electron chi connectivity index (χ2n) is 7.13. The van der Waals surface area contributed by atoms with Crippen LogP contribution in [0.5, 0.6) is 0 Å². The Kier molecular flexibility index (Phi) is 7.48. The number of carbonyl (C=O) groups excluding carboxylic acids is 1. The molecule has 0 radical (unpaired) electrons. The van der Waals surface area contributed by atoms with Crippen molar-refractivity contribution in [3.05, 3.63) is 59.7 Å². The van der Waals surface area contributed by atoms with E-state index in [2.05, 4.69) is 5.32 Å². The molecule has 29 heavy (non-hydrogen) atoms. The number of halogens is 2. The summed E-state index contributed by atoms with van der Waals surface area (Å²) in [7, 11) is -3.76. The Morgan fingerprint density at radius 3 is 2.00 bits per heavy atom. The van der Waals surface area contributed by atoms with Gasteiger partial charge in [-0.05, 0) is 37.0 Å². The number of alkyl halides is 2. The Labute approximate surface area is 170 Å². The first-order valence-corrected chi connectivity index (χ1v) is 10.9. The zero-order valence-electron chi connectivity index (χ0n) is 16.7. The van der Waals surface area contributed by atoms with Crippen molar-refractivity contribution in [3.63, 3.8) is 0 Å². The van der Waals surface area contributed by atoms with Crippen LogP contribution in [-0.2, 0) is 27.2 Å². The van der Waals surface area contributed by atoms with E-state index in [4.69, 9.17) is 0 Å². The number of sulfonamides is 1. The van der Waals surface area contributed by atoms with Crippen LogP contribution in [0.25, 0.3) is 11.1 Å². The molecule has 0 saturated heterocycles. The van der Waals surface area contributed by atoms with Crippen molar-refractivity contribution in [2.24, 2.45) is 0 Å². The molecular weight excluding hydrogens is 398 g/mol. The van der Waals surface area contributed by atoms with Gasteiger partial charge in [0.1, 0.15) is 0 Å². The monoisotopic (exact) mass is 424 g/mol. The second kappa shape index (κ2) is 9.45. The molecule has 5 nitrogen and oxygen atoms in total. The molecule has 2 aromatic carbocycles. The van der Waals surface area contributed by atoms with Crippen LogP contribution in [-0.4, -0.2) is 32.7 Å². The molecule has 0 saturated carbocycles. The summed E-state index contributed by atoms with van der Waals surface area (Å²) >= 11 is 0. The molecule has 0 aliphatic heterocycles. The van der Waals surface area contributed by atoms with E-state index in [1.165, 1.54) is 32.9 Å². The lowest BCUT2D eigenvalue weighted by atomic mass is 10.00. The maximum atomic E-state index is 14.4. The minimum Gasteiger partial charge on any atom is -0.356 e. The molecule has 158 valence electrons. The zero-order chi connectivity index (χ0) is 21.7. The van der Waals surface area contributed by atoms with Gasteiger partial charge < -0.3 is 5.32 Å². The van der Waals surface area contributed by atoms with Gasteiger partial charge in [-0.1, -0.05) is 48.5 Å². The molecule has 0 aliphatic carbocycles. The topological polar surface area (TPSA) is 75.3 Å². The standard InChI is InChI=1S/C21H26F2N2O3S/c1-15(2)29(27,28)25-14-21(22,23)20-10-8-19(9-11-20)18-6-4-17(5-7-18)12-13-24-16(3)26/h4-11,15,25H,12-14H2,1-3H3,(H,24,26). The van der Waals surface area contributed by atoms with Gasteiger partial charge in [0.15, 0.2) is 0 Å². The average molecular weight is 425 g/mol. The fraction of sp³-hybridized carbons (Fsp3) is 0.381. The lowest BCUT2D eigenvalue weighted by Gasteiger charge is -2.19. The highest BCUT2D eigenvalue weighted by atomic mass is 32.2. The molecule has 1 amide bonds.